The van der Waals surface area contributed by atoms with Crippen molar-refractivity contribution in [3.8, 4) is 11.3 Å². The Bertz CT molecular complexity index is 975. The minimum atomic E-state index is -2.16. The zero-order chi connectivity index (χ0) is 16.2. The Balaban J connectivity index is 1.80. The number of benzene rings is 1. The normalized spacial score (nSPS) is 10.8. The van der Waals surface area contributed by atoms with Crippen LogP contribution in [0, 0.1) is 0 Å². The molecule has 0 atom stereocenters. The number of aromatic nitrogens is 2. The van der Waals surface area contributed by atoms with Crippen LogP contribution in [0.5, 0.6) is 0 Å². The van der Waals surface area contributed by atoms with Crippen molar-refractivity contribution in [3.05, 3.63) is 47.6 Å². The molecule has 118 valence electrons. The lowest BCUT2D eigenvalue weighted by Crippen LogP contribution is -2.15. The fourth-order valence-electron chi connectivity index (χ4n) is 2.13. The highest BCUT2D eigenvalue weighted by atomic mass is 35.5. The van der Waals surface area contributed by atoms with E-state index in [0.29, 0.717) is 23.2 Å². The summed E-state index contributed by atoms with van der Waals surface area (Å²) in [7, 11) is -2.16. The molecule has 23 heavy (non-hydrogen) atoms. The quantitative estimate of drug-likeness (QED) is 0.432. The largest absolute Gasteiger partial charge is 0.460 e. The van der Waals surface area contributed by atoms with Crippen molar-refractivity contribution in [1.82, 2.24) is 15.3 Å². The van der Waals surface area contributed by atoms with Crippen LogP contribution in [-0.2, 0) is 16.8 Å². The molecular weight excluding hydrogens is 338 g/mol. The van der Waals surface area contributed by atoms with Crippen molar-refractivity contribution in [3.63, 3.8) is 0 Å². The summed E-state index contributed by atoms with van der Waals surface area (Å²) in [6.07, 6.45) is 1.42. The highest BCUT2D eigenvalue weighted by Gasteiger charge is 2.08. The summed E-state index contributed by atoms with van der Waals surface area (Å²) in [5, 5.41) is 5.26. The van der Waals surface area contributed by atoms with Gasteiger partial charge in [-0.2, -0.15) is 8.42 Å². The molecule has 6 nitrogen and oxygen atoms in total. The Kier molecular flexibility index (Phi) is 4.71. The number of halogens is 1. The van der Waals surface area contributed by atoms with Crippen LogP contribution in [0.1, 0.15) is 5.76 Å². The summed E-state index contributed by atoms with van der Waals surface area (Å²) >= 11 is 6.09. The summed E-state index contributed by atoms with van der Waals surface area (Å²) in [4.78, 5) is 8.13. The summed E-state index contributed by atoms with van der Waals surface area (Å²) in [6, 6.07) is 9.32. The number of nitrogens with zero attached hydrogens (tertiary/aromatic N) is 2. The average Bonchev–Trinajstić information content (AvgIpc) is 3.00. The molecule has 0 aliphatic rings. The van der Waals surface area contributed by atoms with Crippen LogP contribution in [0.15, 0.2) is 41.1 Å². The van der Waals surface area contributed by atoms with E-state index in [1.165, 1.54) is 6.33 Å². The van der Waals surface area contributed by atoms with Gasteiger partial charge in [-0.25, -0.2) is 9.97 Å². The zero-order valence-electron chi connectivity index (χ0n) is 11.9. The number of fused-ring (bicyclic) bond motifs is 1. The van der Waals surface area contributed by atoms with Crippen LogP contribution in [0.4, 0.5) is 0 Å². The predicted octanol–water partition coefficient (Wildman–Crippen LogP) is 2.31. The third kappa shape index (κ3) is 3.76. The van der Waals surface area contributed by atoms with Gasteiger partial charge >= 0.3 is 0 Å². The summed E-state index contributed by atoms with van der Waals surface area (Å²) in [6.45, 7) is 0.695. The molecule has 0 aliphatic heterocycles. The lowest BCUT2D eigenvalue weighted by Gasteiger charge is -2.02. The number of hydrogen-bond acceptors (Lipinski definition) is 6. The summed E-state index contributed by atoms with van der Waals surface area (Å²) in [5.74, 6) is 1.40. The molecule has 0 saturated carbocycles. The molecule has 0 bridgehead atoms. The Labute approximate surface area is 138 Å². The first-order chi connectivity index (χ1) is 11.1. The van der Waals surface area contributed by atoms with Crippen molar-refractivity contribution in [2.45, 2.75) is 6.54 Å². The van der Waals surface area contributed by atoms with E-state index in [0.717, 1.165) is 21.8 Å². The molecule has 3 rings (SSSR count). The Morgan fingerprint density at radius 2 is 2.09 bits per heavy atom. The molecule has 0 fully saturated rings. The fourth-order valence-corrected chi connectivity index (χ4v) is 2.58. The highest BCUT2D eigenvalue weighted by molar-refractivity contribution is 7.71. The second kappa shape index (κ2) is 6.91. The first-order valence-electron chi connectivity index (χ1n) is 6.75. The van der Waals surface area contributed by atoms with Crippen molar-refractivity contribution in [2.75, 3.05) is 6.54 Å². The molecule has 0 radical (unpaired) electrons. The van der Waals surface area contributed by atoms with E-state index in [1.54, 1.807) is 0 Å². The zero-order valence-corrected chi connectivity index (χ0v) is 13.4. The first kappa shape index (κ1) is 15.7. The minimum absolute atomic E-state index is 0.259. The second-order valence-corrected chi connectivity index (χ2v) is 5.93. The Morgan fingerprint density at radius 1 is 1.22 bits per heavy atom. The van der Waals surface area contributed by atoms with E-state index < -0.39 is 10.3 Å². The van der Waals surface area contributed by atoms with Crippen molar-refractivity contribution in [1.29, 1.82) is 0 Å². The SMILES string of the molecule is O=S(=O)=CCNCc1ccc(-c2ccc3ncnc(Cl)c3c2)o1. The van der Waals surface area contributed by atoms with Crippen molar-refractivity contribution in [2.24, 2.45) is 0 Å². The van der Waals surface area contributed by atoms with Crippen LogP contribution in [0.2, 0.25) is 5.15 Å². The van der Waals surface area contributed by atoms with E-state index in [2.05, 4.69) is 15.3 Å². The van der Waals surface area contributed by atoms with Gasteiger partial charge in [0.05, 0.1) is 12.1 Å². The van der Waals surface area contributed by atoms with Gasteiger partial charge in [0.1, 0.15) is 23.0 Å². The van der Waals surface area contributed by atoms with Gasteiger partial charge in [-0.1, -0.05) is 11.6 Å². The maximum Gasteiger partial charge on any atom is 0.211 e. The molecule has 2 heterocycles. The fraction of sp³-hybridized carbons (Fsp3) is 0.133. The van der Waals surface area contributed by atoms with Gasteiger partial charge in [0, 0.05) is 22.9 Å². The molecule has 0 amide bonds. The third-order valence-corrected chi connectivity index (χ3v) is 3.94. The van der Waals surface area contributed by atoms with Crippen molar-refractivity contribution < 1.29 is 12.8 Å². The smallest absolute Gasteiger partial charge is 0.211 e. The summed E-state index contributed by atoms with van der Waals surface area (Å²) < 4.78 is 26.5. The minimum Gasteiger partial charge on any atom is -0.460 e. The van der Waals surface area contributed by atoms with E-state index >= 15 is 0 Å². The lowest BCUT2D eigenvalue weighted by atomic mass is 10.1. The van der Waals surface area contributed by atoms with Gasteiger partial charge < -0.3 is 9.73 Å². The van der Waals surface area contributed by atoms with Crippen LogP contribution >= 0.6 is 11.6 Å². The maximum atomic E-state index is 10.4. The van der Waals surface area contributed by atoms with Gasteiger partial charge in [0.25, 0.3) is 0 Å². The van der Waals surface area contributed by atoms with Crippen LogP contribution in [0.25, 0.3) is 22.2 Å². The lowest BCUT2D eigenvalue weighted by molar-refractivity contribution is 0.504. The monoisotopic (exact) mass is 349 g/mol. The van der Waals surface area contributed by atoms with Gasteiger partial charge in [0.15, 0.2) is 0 Å². The molecule has 3 aromatic rings. The standard InChI is InChI=1S/C15H12ClN3O3S/c16-15-12-7-10(1-3-13(12)18-9-19-15)14-4-2-11(22-14)8-17-5-6-23(20)21/h1-4,6-7,9,17H,5,8H2. The van der Waals surface area contributed by atoms with E-state index in [-0.39, 0.29) is 6.54 Å². The van der Waals surface area contributed by atoms with E-state index in [9.17, 15) is 8.42 Å². The molecule has 0 unspecified atom stereocenters. The molecule has 2 aromatic heterocycles. The van der Waals surface area contributed by atoms with E-state index in [4.69, 9.17) is 16.0 Å². The molecule has 0 spiro atoms. The molecular formula is C15H12ClN3O3S. The van der Waals surface area contributed by atoms with Crippen LogP contribution in [0.3, 0.4) is 0 Å². The first-order valence-corrected chi connectivity index (χ1v) is 8.26. The average molecular weight is 350 g/mol. The number of furan rings is 1. The topological polar surface area (TPSA) is 85.1 Å². The van der Waals surface area contributed by atoms with Gasteiger partial charge in [-0.3, -0.25) is 0 Å². The molecule has 0 saturated heterocycles. The van der Waals surface area contributed by atoms with Gasteiger partial charge in [-0.05, 0) is 30.3 Å². The molecule has 8 heteroatoms. The molecule has 0 aliphatic carbocycles. The number of rotatable bonds is 5. The number of nitrogens with one attached hydrogen (secondary N) is 1. The third-order valence-electron chi connectivity index (χ3n) is 3.20. The molecule has 1 N–H and O–H groups in total. The second-order valence-electron chi connectivity index (χ2n) is 4.72. The maximum absolute atomic E-state index is 10.4. The van der Waals surface area contributed by atoms with E-state index in [1.807, 2.05) is 30.3 Å². The Morgan fingerprint density at radius 3 is 2.91 bits per heavy atom. The van der Waals surface area contributed by atoms with Gasteiger partial charge in [-0.15, -0.1) is 0 Å². The Hall–Kier alpha value is -2.22. The molecule has 1 aromatic carbocycles. The predicted molar refractivity (Wildman–Crippen MR) is 88.9 cm³/mol. The van der Waals surface area contributed by atoms with Crippen LogP contribution in [-0.4, -0.2) is 30.3 Å². The summed E-state index contributed by atoms with van der Waals surface area (Å²) in [5.41, 5.74) is 1.64. The van der Waals surface area contributed by atoms with Crippen molar-refractivity contribution >= 4 is 38.2 Å². The van der Waals surface area contributed by atoms with Gasteiger partial charge in [0.2, 0.25) is 10.3 Å². The number of hydrogen-bond donors (Lipinski definition) is 1. The van der Waals surface area contributed by atoms with Crippen LogP contribution < -0.4 is 5.32 Å². The highest BCUT2D eigenvalue weighted by Crippen LogP contribution is 2.27.